The number of amides is 1. The second-order valence-corrected chi connectivity index (χ2v) is 10.6. The maximum atomic E-state index is 13.2. The van der Waals surface area contributed by atoms with E-state index in [0.29, 0.717) is 40.0 Å². The average molecular weight is 537 g/mol. The number of hydrogen-bond donors (Lipinski definition) is 1. The molecular weight excluding hydrogens is 509 g/mol. The zero-order valence-corrected chi connectivity index (χ0v) is 21.4. The van der Waals surface area contributed by atoms with Crippen molar-refractivity contribution in [1.29, 1.82) is 0 Å². The molecule has 1 aliphatic heterocycles. The van der Waals surface area contributed by atoms with Crippen LogP contribution in [0.3, 0.4) is 0 Å². The Labute approximate surface area is 213 Å². The maximum Gasteiger partial charge on any atom is 0.471 e. The topological polar surface area (TPSA) is 93.5 Å². The van der Waals surface area contributed by atoms with Crippen LogP contribution in [0.2, 0.25) is 0 Å². The highest BCUT2D eigenvalue weighted by atomic mass is 32.2. The van der Waals surface area contributed by atoms with Gasteiger partial charge in [0.05, 0.1) is 22.8 Å². The Kier molecular flexibility index (Phi) is 7.33. The minimum absolute atomic E-state index is 0.0826. The van der Waals surface area contributed by atoms with Gasteiger partial charge in [-0.2, -0.15) is 13.2 Å². The molecule has 1 amide bonds. The molecule has 12 heteroatoms. The highest BCUT2D eigenvalue weighted by molar-refractivity contribution is 7.89. The summed E-state index contributed by atoms with van der Waals surface area (Å²) in [6, 6.07) is 11.4. The number of sulfonamides is 1. The third-order valence-corrected chi connectivity index (χ3v) is 7.74. The molecule has 0 saturated heterocycles. The van der Waals surface area contributed by atoms with Crippen LogP contribution in [0.25, 0.3) is 0 Å². The molecule has 0 radical (unpaired) electrons. The molecule has 1 aromatic heterocycles. The van der Waals surface area contributed by atoms with Gasteiger partial charge in [-0.3, -0.25) is 9.36 Å². The second kappa shape index (κ2) is 10.2. The van der Waals surface area contributed by atoms with Crippen molar-refractivity contribution in [3.63, 3.8) is 0 Å². The van der Waals surface area contributed by atoms with Gasteiger partial charge in [0.25, 0.3) is 0 Å². The van der Waals surface area contributed by atoms with Gasteiger partial charge >= 0.3 is 18.1 Å². The molecule has 0 saturated carbocycles. The lowest BCUT2D eigenvalue weighted by Crippen LogP contribution is -2.43. The lowest BCUT2D eigenvalue weighted by atomic mass is 10.00. The molecule has 0 spiro atoms. The summed E-state index contributed by atoms with van der Waals surface area (Å²) in [5.74, 6) is -1.34. The Balaban J connectivity index is 1.52. The summed E-state index contributed by atoms with van der Waals surface area (Å²) in [5.41, 5.74) is 2.73. The van der Waals surface area contributed by atoms with Gasteiger partial charge in [-0.25, -0.2) is 18.1 Å². The van der Waals surface area contributed by atoms with Crippen molar-refractivity contribution in [3.8, 4) is 11.8 Å². The molecule has 3 aromatic rings. The SMILES string of the molecule is CCn1c(C(C)NS(=O)(=O)c2ccc3c(c2)CN(C(=O)C(F)(F)F)CC3)cnc1Oc1ccc(C)cc1. The van der Waals surface area contributed by atoms with Crippen LogP contribution in [0.4, 0.5) is 13.2 Å². The summed E-state index contributed by atoms with van der Waals surface area (Å²) >= 11 is 0. The third kappa shape index (κ3) is 5.80. The quantitative estimate of drug-likeness (QED) is 0.480. The minimum atomic E-state index is -4.98. The second-order valence-electron chi connectivity index (χ2n) is 8.87. The van der Waals surface area contributed by atoms with Crippen LogP contribution in [-0.4, -0.2) is 41.5 Å². The van der Waals surface area contributed by atoms with E-state index in [-0.39, 0.29) is 24.4 Å². The molecule has 1 unspecified atom stereocenters. The lowest BCUT2D eigenvalue weighted by molar-refractivity contribution is -0.186. The number of nitrogens with zero attached hydrogens (tertiary/aromatic N) is 3. The van der Waals surface area contributed by atoms with Gasteiger partial charge in [0, 0.05) is 19.6 Å². The van der Waals surface area contributed by atoms with Gasteiger partial charge in [0.1, 0.15) is 5.75 Å². The summed E-state index contributed by atoms with van der Waals surface area (Å²) in [6.45, 7) is 5.59. The zero-order chi connectivity index (χ0) is 27.0. The third-order valence-electron chi connectivity index (χ3n) is 6.20. The van der Waals surface area contributed by atoms with Crippen molar-refractivity contribution < 1.29 is 31.1 Å². The Bertz CT molecular complexity index is 1400. The van der Waals surface area contributed by atoms with Crippen LogP contribution >= 0.6 is 0 Å². The summed E-state index contributed by atoms with van der Waals surface area (Å²) in [4.78, 5) is 16.6. The van der Waals surface area contributed by atoms with Gasteiger partial charge < -0.3 is 9.64 Å². The van der Waals surface area contributed by atoms with Gasteiger partial charge in [0.15, 0.2) is 0 Å². The number of ether oxygens (including phenoxy) is 1. The number of fused-ring (bicyclic) bond motifs is 1. The molecule has 198 valence electrons. The van der Waals surface area contributed by atoms with Crippen molar-refractivity contribution in [2.24, 2.45) is 0 Å². The van der Waals surface area contributed by atoms with Crippen molar-refractivity contribution in [1.82, 2.24) is 19.2 Å². The van der Waals surface area contributed by atoms with E-state index in [1.807, 2.05) is 38.1 Å². The first-order valence-electron chi connectivity index (χ1n) is 11.7. The summed E-state index contributed by atoms with van der Waals surface area (Å²) in [6.07, 6.45) is -3.24. The Morgan fingerprint density at radius 2 is 1.86 bits per heavy atom. The molecule has 4 rings (SSSR count). The first-order chi connectivity index (χ1) is 17.4. The van der Waals surface area contributed by atoms with Gasteiger partial charge in [-0.05, 0) is 62.6 Å². The van der Waals surface area contributed by atoms with Crippen LogP contribution in [0.15, 0.2) is 53.6 Å². The fourth-order valence-electron chi connectivity index (χ4n) is 4.24. The standard InChI is InChI=1S/C25H27F3N4O4S/c1-4-32-22(14-29-24(32)36-20-8-5-16(2)6-9-20)17(3)30-37(34,35)21-10-7-18-11-12-31(15-19(18)13-21)23(33)25(26,27)28/h5-10,13-14,17,30H,4,11-12,15H2,1-3H3. The molecule has 0 fully saturated rings. The number of alkyl halides is 3. The van der Waals surface area contributed by atoms with Crippen LogP contribution in [0.5, 0.6) is 11.8 Å². The van der Waals surface area contributed by atoms with Crippen molar-refractivity contribution in [2.75, 3.05) is 6.54 Å². The van der Waals surface area contributed by atoms with Crippen LogP contribution in [-0.2, 0) is 34.3 Å². The van der Waals surface area contributed by atoms with E-state index >= 15 is 0 Å². The Morgan fingerprint density at radius 3 is 2.51 bits per heavy atom. The predicted octanol–water partition coefficient (Wildman–Crippen LogP) is 4.49. The lowest BCUT2D eigenvalue weighted by Gasteiger charge is -2.29. The zero-order valence-electron chi connectivity index (χ0n) is 20.5. The monoisotopic (exact) mass is 536 g/mol. The number of imidazole rings is 1. The first kappa shape index (κ1) is 26.7. The van der Waals surface area contributed by atoms with E-state index in [9.17, 15) is 26.4 Å². The summed E-state index contributed by atoms with van der Waals surface area (Å²) in [7, 11) is -4.04. The molecule has 37 heavy (non-hydrogen) atoms. The number of benzene rings is 2. The molecule has 1 atom stereocenters. The maximum absolute atomic E-state index is 13.2. The van der Waals surface area contributed by atoms with Gasteiger partial charge in [0.2, 0.25) is 10.0 Å². The predicted molar refractivity (Wildman–Crippen MR) is 130 cm³/mol. The molecule has 0 bridgehead atoms. The van der Waals surface area contributed by atoms with E-state index < -0.39 is 28.1 Å². The Hall–Kier alpha value is -3.38. The number of aryl methyl sites for hydroxylation is 1. The van der Waals surface area contributed by atoms with Crippen molar-refractivity contribution in [2.45, 2.75) is 57.4 Å². The molecule has 1 aliphatic rings. The number of nitrogens with one attached hydrogen (secondary N) is 1. The summed E-state index contributed by atoms with van der Waals surface area (Å²) in [5, 5.41) is 0. The number of hydrogen-bond acceptors (Lipinski definition) is 5. The van der Waals surface area contributed by atoms with E-state index in [2.05, 4.69) is 9.71 Å². The largest absolute Gasteiger partial charge is 0.471 e. The van der Waals surface area contributed by atoms with Crippen LogP contribution < -0.4 is 9.46 Å². The Morgan fingerprint density at radius 1 is 1.16 bits per heavy atom. The molecule has 0 aliphatic carbocycles. The first-order valence-corrected chi connectivity index (χ1v) is 13.2. The molecule has 1 N–H and O–H groups in total. The normalized spacial score (nSPS) is 14.8. The fourth-order valence-corrected chi connectivity index (χ4v) is 5.51. The van der Waals surface area contributed by atoms with Crippen LogP contribution in [0.1, 0.15) is 42.3 Å². The van der Waals surface area contributed by atoms with Gasteiger partial charge in [-0.15, -0.1) is 0 Å². The number of halogens is 3. The number of aromatic nitrogens is 2. The molecule has 2 aromatic carbocycles. The van der Waals surface area contributed by atoms with E-state index in [0.717, 1.165) is 5.56 Å². The fraction of sp³-hybridized carbons (Fsp3) is 0.360. The smallest absolute Gasteiger partial charge is 0.426 e. The number of carbonyl (C=O) groups excluding carboxylic acids is 1. The molecular formula is C25H27F3N4O4S. The molecule has 2 heterocycles. The van der Waals surface area contributed by atoms with Crippen molar-refractivity contribution >= 4 is 15.9 Å². The highest BCUT2D eigenvalue weighted by Crippen LogP contribution is 2.29. The summed E-state index contributed by atoms with van der Waals surface area (Å²) < 4.78 is 75.2. The van der Waals surface area contributed by atoms with E-state index in [1.54, 1.807) is 17.6 Å². The van der Waals surface area contributed by atoms with Gasteiger partial charge in [-0.1, -0.05) is 23.8 Å². The van der Waals surface area contributed by atoms with Crippen LogP contribution in [0, 0.1) is 6.92 Å². The minimum Gasteiger partial charge on any atom is -0.426 e. The number of rotatable bonds is 7. The number of carbonyl (C=O) groups is 1. The van der Waals surface area contributed by atoms with E-state index in [1.165, 1.54) is 18.3 Å². The average Bonchev–Trinajstić information content (AvgIpc) is 3.26. The highest BCUT2D eigenvalue weighted by Gasteiger charge is 2.43. The van der Waals surface area contributed by atoms with Crippen molar-refractivity contribution in [3.05, 3.63) is 71.0 Å². The van der Waals surface area contributed by atoms with E-state index in [4.69, 9.17) is 4.74 Å². The molecule has 8 nitrogen and oxygen atoms in total.